The van der Waals surface area contributed by atoms with Gasteiger partial charge in [0.15, 0.2) is 0 Å². The van der Waals surface area contributed by atoms with Crippen LogP contribution in [0.25, 0.3) is 0 Å². The lowest BCUT2D eigenvalue weighted by molar-refractivity contribution is 0.0246. The number of nitrogens with zero attached hydrogens (tertiary/aromatic N) is 3. The van der Waals surface area contributed by atoms with Crippen molar-refractivity contribution in [1.29, 1.82) is 0 Å². The Kier molecular flexibility index (Phi) is 4.58. The Labute approximate surface area is 148 Å². The molecule has 0 fully saturated rings. The van der Waals surface area contributed by atoms with Crippen molar-refractivity contribution in [1.82, 2.24) is 14.8 Å². The molecule has 3 rings (SSSR count). The smallest absolute Gasteiger partial charge is 0.138 e. The molecule has 0 saturated carbocycles. The third kappa shape index (κ3) is 2.90. The minimum absolute atomic E-state index is 0.307. The predicted octanol–water partition coefficient (Wildman–Crippen LogP) is 4.22. The second-order valence-corrected chi connectivity index (χ2v) is 6.29. The summed E-state index contributed by atoms with van der Waals surface area (Å²) in [6.07, 6.45) is 2.88. The predicted molar refractivity (Wildman–Crippen MR) is 90.6 cm³/mol. The number of hydrogen-bond acceptors (Lipinski definition) is 3. The molecule has 2 atom stereocenters. The molecule has 0 aliphatic rings. The molecule has 0 saturated heterocycles. The molecule has 0 radical (unpaired) electrons. The largest absolute Gasteiger partial charge is 0.378 e. The second kappa shape index (κ2) is 6.51. The number of benzene rings is 2. The van der Waals surface area contributed by atoms with Crippen LogP contribution in [0.1, 0.15) is 24.1 Å². The molecule has 0 spiro atoms. The van der Waals surface area contributed by atoms with Crippen LogP contribution in [0.4, 0.5) is 4.39 Å². The van der Waals surface area contributed by atoms with Crippen LogP contribution in [0.15, 0.2) is 55.1 Å². The highest BCUT2D eigenvalue weighted by Gasteiger charge is 2.41. The third-order valence-corrected chi connectivity index (χ3v) is 4.61. The zero-order chi connectivity index (χ0) is 17.3. The summed E-state index contributed by atoms with van der Waals surface area (Å²) in [4.78, 5) is 3.92. The van der Waals surface area contributed by atoms with Crippen molar-refractivity contribution in [3.63, 3.8) is 0 Å². The Morgan fingerprint density at radius 2 is 1.88 bits per heavy atom. The zero-order valence-corrected chi connectivity index (χ0v) is 14.2. The van der Waals surface area contributed by atoms with Crippen LogP contribution >= 0.6 is 23.2 Å². The van der Waals surface area contributed by atoms with E-state index in [2.05, 4.69) is 10.1 Å². The third-order valence-electron chi connectivity index (χ3n) is 4.06. The Hall–Kier alpha value is -1.95. The van der Waals surface area contributed by atoms with Crippen LogP contribution in [-0.2, 0) is 5.60 Å². The Balaban J connectivity index is 2.22. The highest BCUT2D eigenvalue weighted by Crippen LogP contribution is 2.42. The number of hydrogen-bond donors (Lipinski definition) is 1. The van der Waals surface area contributed by atoms with Crippen LogP contribution in [0.3, 0.4) is 0 Å². The lowest BCUT2D eigenvalue weighted by Crippen LogP contribution is -2.37. The van der Waals surface area contributed by atoms with Gasteiger partial charge in [-0.15, -0.1) is 0 Å². The van der Waals surface area contributed by atoms with Crippen molar-refractivity contribution in [3.05, 3.63) is 82.1 Å². The van der Waals surface area contributed by atoms with Gasteiger partial charge in [-0.3, -0.25) is 0 Å². The van der Waals surface area contributed by atoms with E-state index in [-0.39, 0.29) is 0 Å². The first kappa shape index (κ1) is 16.9. The Morgan fingerprint density at radius 1 is 1.17 bits per heavy atom. The topological polar surface area (TPSA) is 50.9 Å². The Bertz CT molecular complexity index is 840. The maximum atomic E-state index is 13.3. The highest BCUT2D eigenvalue weighted by molar-refractivity contribution is 6.35. The fourth-order valence-corrected chi connectivity index (χ4v) is 3.29. The van der Waals surface area contributed by atoms with E-state index in [1.165, 1.54) is 41.6 Å². The molecular formula is C17H14Cl2FN3O. The van der Waals surface area contributed by atoms with E-state index in [9.17, 15) is 9.50 Å². The molecule has 124 valence electrons. The average Bonchev–Trinajstić information content (AvgIpc) is 3.08. The maximum absolute atomic E-state index is 13.3. The molecule has 2 unspecified atom stereocenters. The van der Waals surface area contributed by atoms with E-state index < -0.39 is 17.5 Å². The number of halogens is 3. The monoisotopic (exact) mass is 365 g/mol. The van der Waals surface area contributed by atoms with E-state index in [0.717, 1.165) is 0 Å². The first-order valence-electron chi connectivity index (χ1n) is 7.21. The quantitative estimate of drug-likeness (QED) is 0.752. The molecule has 2 aromatic carbocycles. The summed E-state index contributed by atoms with van der Waals surface area (Å²) >= 11 is 12.3. The normalized spacial score (nSPS) is 15.0. The molecule has 0 aliphatic carbocycles. The summed E-state index contributed by atoms with van der Waals surface area (Å²) in [7, 11) is 0. The molecule has 0 aliphatic heterocycles. The van der Waals surface area contributed by atoms with Crippen LogP contribution in [0, 0.1) is 5.82 Å². The van der Waals surface area contributed by atoms with Gasteiger partial charge < -0.3 is 5.11 Å². The van der Waals surface area contributed by atoms with Gasteiger partial charge in [-0.25, -0.2) is 14.1 Å². The molecule has 7 heteroatoms. The molecule has 24 heavy (non-hydrogen) atoms. The molecule has 1 heterocycles. The van der Waals surface area contributed by atoms with Gasteiger partial charge in [0.1, 0.15) is 24.1 Å². The van der Waals surface area contributed by atoms with Crippen molar-refractivity contribution in [3.8, 4) is 0 Å². The van der Waals surface area contributed by atoms with Gasteiger partial charge in [0.25, 0.3) is 0 Å². The first-order chi connectivity index (χ1) is 11.4. The molecule has 3 aromatic rings. The van der Waals surface area contributed by atoms with Crippen molar-refractivity contribution in [2.24, 2.45) is 0 Å². The lowest BCUT2D eigenvalue weighted by atomic mass is 9.80. The average molecular weight is 366 g/mol. The van der Waals surface area contributed by atoms with Crippen molar-refractivity contribution < 1.29 is 9.50 Å². The minimum Gasteiger partial charge on any atom is -0.378 e. The van der Waals surface area contributed by atoms with Gasteiger partial charge in [-0.1, -0.05) is 41.4 Å². The number of aromatic nitrogens is 3. The van der Waals surface area contributed by atoms with Crippen LogP contribution in [-0.4, -0.2) is 19.9 Å². The first-order valence-corrected chi connectivity index (χ1v) is 7.96. The summed E-state index contributed by atoms with van der Waals surface area (Å²) in [5.41, 5.74) is -0.623. The van der Waals surface area contributed by atoms with E-state index in [1.807, 2.05) is 0 Å². The van der Waals surface area contributed by atoms with Crippen LogP contribution < -0.4 is 0 Å². The van der Waals surface area contributed by atoms with Gasteiger partial charge in [0, 0.05) is 15.6 Å². The van der Waals surface area contributed by atoms with E-state index in [0.29, 0.717) is 21.2 Å². The molecule has 1 aromatic heterocycles. The van der Waals surface area contributed by atoms with E-state index in [4.69, 9.17) is 23.2 Å². The highest BCUT2D eigenvalue weighted by atomic mass is 35.5. The fourth-order valence-electron chi connectivity index (χ4n) is 2.73. The van der Waals surface area contributed by atoms with Crippen LogP contribution in [0.5, 0.6) is 0 Å². The SMILES string of the molecule is CC(n1cncn1)C(O)(c1ccc(F)cc1)c1ccc(Cl)cc1Cl. The van der Waals surface area contributed by atoms with Crippen molar-refractivity contribution in [2.45, 2.75) is 18.6 Å². The van der Waals surface area contributed by atoms with Crippen LogP contribution in [0.2, 0.25) is 10.0 Å². The summed E-state index contributed by atoms with van der Waals surface area (Å²) < 4.78 is 14.9. The van der Waals surface area contributed by atoms with Gasteiger partial charge in [0.05, 0.1) is 6.04 Å². The van der Waals surface area contributed by atoms with Crippen molar-refractivity contribution in [2.75, 3.05) is 0 Å². The summed E-state index contributed by atoms with van der Waals surface area (Å²) in [5, 5.41) is 16.5. The maximum Gasteiger partial charge on any atom is 0.138 e. The number of aliphatic hydroxyl groups is 1. The molecule has 0 bridgehead atoms. The van der Waals surface area contributed by atoms with E-state index in [1.54, 1.807) is 25.1 Å². The minimum atomic E-state index is -1.55. The van der Waals surface area contributed by atoms with Crippen molar-refractivity contribution >= 4 is 23.2 Å². The number of rotatable bonds is 4. The van der Waals surface area contributed by atoms with Gasteiger partial charge in [-0.05, 0) is 36.8 Å². The molecule has 4 nitrogen and oxygen atoms in total. The Morgan fingerprint density at radius 3 is 2.46 bits per heavy atom. The molecule has 1 N–H and O–H groups in total. The molecule has 0 amide bonds. The fraction of sp³-hybridized carbons (Fsp3) is 0.176. The molecular weight excluding hydrogens is 352 g/mol. The van der Waals surface area contributed by atoms with Gasteiger partial charge in [0.2, 0.25) is 0 Å². The second-order valence-electron chi connectivity index (χ2n) is 5.45. The zero-order valence-electron chi connectivity index (χ0n) is 12.7. The van der Waals surface area contributed by atoms with E-state index >= 15 is 0 Å². The lowest BCUT2D eigenvalue weighted by Gasteiger charge is -2.35. The van der Waals surface area contributed by atoms with Gasteiger partial charge in [-0.2, -0.15) is 5.10 Å². The summed E-state index contributed by atoms with van der Waals surface area (Å²) in [5.74, 6) is -0.392. The summed E-state index contributed by atoms with van der Waals surface area (Å²) in [6.45, 7) is 1.78. The standard InChI is InChI=1S/C17H14Cl2FN3O/c1-11(23-10-21-9-22-23)17(24,12-2-5-14(20)6-3-12)15-7-4-13(18)8-16(15)19/h2-11,24H,1H3. The van der Waals surface area contributed by atoms with Gasteiger partial charge >= 0.3 is 0 Å². The summed E-state index contributed by atoms with van der Waals surface area (Å²) in [6, 6.07) is 9.93.